The fraction of sp³-hybridized carbons (Fsp3) is 0.300. The predicted octanol–water partition coefficient (Wildman–Crippen LogP) is 4.57. The Morgan fingerprint density at radius 1 is 1.16 bits per heavy atom. The zero-order chi connectivity index (χ0) is 17.6. The fourth-order valence-electron chi connectivity index (χ4n) is 3.81. The van der Waals surface area contributed by atoms with Crippen LogP contribution in [0.2, 0.25) is 0 Å². The Morgan fingerprint density at radius 3 is 2.52 bits per heavy atom. The lowest BCUT2D eigenvalue weighted by molar-refractivity contribution is 0.274. The molecule has 25 heavy (non-hydrogen) atoms. The molecule has 2 aromatic carbocycles. The molecule has 0 saturated heterocycles. The van der Waals surface area contributed by atoms with Crippen LogP contribution >= 0.6 is 0 Å². The number of aromatic amines is 1. The number of hydrogen-bond donors (Lipinski definition) is 2. The number of ether oxygens (including phenoxy) is 1. The molecule has 0 radical (unpaired) electrons. The van der Waals surface area contributed by atoms with Crippen molar-refractivity contribution in [2.75, 3.05) is 13.7 Å². The second-order valence-electron chi connectivity index (χ2n) is 6.72. The van der Waals surface area contributed by atoms with Crippen molar-refractivity contribution >= 4 is 10.9 Å². The Balaban J connectivity index is 1.88. The van der Waals surface area contributed by atoms with Crippen LogP contribution in [0.25, 0.3) is 22.2 Å². The molecule has 1 saturated carbocycles. The van der Waals surface area contributed by atoms with Crippen molar-refractivity contribution in [3.05, 3.63) is 53.6 Å². The number of halogens is 2. The largest absolute Gasteiger partial charge is 0.497 e. The highest BCUT2D eigenvalue weighted by Gasteiger charge is 2.33. The Bertz CT molecular complexity index is 912. The Morgan fingerprint density at radius 2 is 1.88 bits per heavy atom. The van der Waals surface area contributed by atoms with Crippen LogP contribution in [0.4, 0.5) is 8.78 Å². The number of nitrogens with one attached hydrogen (secondary N) is 1. The summed E-state index contributed by atoms with van der Waals surface area (Å²) in [6.07, 6.45) is 1.90. The van der Waals surface area contributed by atoms with Crippen LogP contribution in [-0.2, 0) is 0 Å². The number of fused-ring (bicyclic) bond motifs is 1. The Hall–Kier alpha value is -2.40. The molecule has 3 aromatic rings. The molecular formula is C20H20F2N2O. The molecule has 0 spiro atoms. The molecule has 1 aliphatic carbocycles. The van der Waals surface area contributed by atoms with Crippen molar-refractivity contribution in [1.29, 1.82) is 0 Å². The molecule has 130 valence electrons. The fourth-order valence-corrected chi connectivity index (χ4v) is 3.81. The SMILES string of the molecule is COc1ccc(-c2[nH]c3c(F)cc(F)cc3c2C2CC(CN)C2)cc1. The van der Waals surface area contributed by atoms with E-state index in [4.69, 9.17) is 10.5 Å². The molecule has 3 nitrogen and oxygen atoms in total. The summed E-state index contributed by atoms with van der Waals surface area (Å²) in [7, 11) is 1.61. The predicted molar refractivity (Wildman–Crippen MR) is 94.7 cm³/mol. The zero-order valence-corrected chi connectivity index (χ0v) is 14.0. The van der Waals surface area contributed by atoms with Gasteiger partial charge in [-0.05, 0) is 72.7 Å². The van der Waals surface area contributed by atoms with Crippen molar-refractivity contribution < 1.29 is 13.5 Å². The topological polar surface area (TPSA) is 51.0 Å². The Labute approximate surface area is 144 Å². The van der Waals surface area contributed by atoms with Gasteiger partial charge in [0.05, 0.1) is 18.3 Å². The minimum atomic E-state index is -0.564. The van der Waals surface area contributed by atoms with Crippen LogP contribution in [-0.4, -0.2) is 18.6 Å². The lowest BCUT2D eigenvalue weighted by atomic mass is 9.70. The first-order valence-corrected chi connectivity index (χ1v) is 8.45. The molecule has 1 aliphatic rings. The maximum absolute atomic E-state index is 14.3. The highest BCUT2D eigenvalue weighted by atomic mass is 19.1. The maximum atomic E-state index is 14.3. The second kappa shape index (κ2) is 6.15. The molecule has 1 fully saturated rings. The first kappa shape index (κ1) is 16.1. The number of H-pyrrole nitrogens is 1. The van der Waals surface area contributed by atoms with E-state index in [1.54, 1.807) is 7.11 Å². The molecule has 4 rings (SSSR count). The minimum absolute atomic E-state index is 0.264. The van der Waals surface area contributed by atoms with E-state index in [9.17, 15) is 8.78 Å². The monoisotopic (exact) mass is 342 g/mol. The van der Waals surface area contributed by atoms with Crippen LogP contribution in [0.1, 0.15) is 24.3 Å². The summed E-state index contributed by atoms with van der Waals surface area (Å²) in [5.74, 6) is 0.384. The van der Waals surface area contributed by atoms with Crippen molar-refractivity contribution in [2.24, 2.45) is 11.7 Å². The average Bonchev–Trinajstić information content (AvgIpc) is 2.94. The molecule has 0 amide bonds. The quantitative estimate of drug-likeness (QED) is 0.729. The minimum Gasteiger partial charge on any atom is -0.497 e. The first-order valence-electron chi connectivity index (χ1n) is 8.45. The van der Waals surface area contributed by atoms with Gasteiger partial charge in [-0.2, -0.15) is 0 Å². The standard InChI is InChI=1S/C20H20F2N2O/c1-25-15-4-2-12(3-5-15)19-18(13-6-11(7-13)10-23)16-8-14(21)9-17(22)20(16)24-19/h2-5,8-9,11,13,24H,6-7,10,23H2,1H3. The number of rotatable bonds is 4. The summed E-state index contributed by atoms with van der Waals surface area (Å²) in [5, 5.41) is 0.629. The van der Waals surface area contributed by atoms with Crippen LogP contribution in [0, 0.1) is 17.6 Å². The number of methoxy groups -OCH3 is 1. The average molecular weight is 342 g/mol. The summed E-state index contributed by atoms with van der Waals surface area (Å²) in [6, 6.07) is 9.94. The molecule has 0 aliphatic heterocycles. The molecule has 1 heterocycles. The van der Waals surface area contributed by atoms with E-state index in [2.05, 4.69) is 4.98 Å². The molecule has 0 atom stereocenters. The third-order valence-corrected chi connectivity index (χ3v) is 5.22. The van der Waals surface area contributed by atoms with Crippen LogP contribution < -0.4 is 10.5 Å². The van der Waals surface area contributed by atoms with E-state index < -0.39 is 11.6 Å². The van der Waals surface area contributed by atoms with E-state index in [-0.39, 0.29) is 5.92 Å². The number of benzene rings is 2. The molecule has 1 aromatic heterocycles. The van der Waals surface area contributed by atoms with Gasteiger partial charge in [0.15, 0.2) is 0 Å². The molecule has 5 heteroatoms. The highest BCUT2D eigenvalue weighted by Crippen LogP contribution is 2.48. The third kappa shape index (κ3) is 2.68. The van der Waals surface area contributed by atoms with Crippen molar-refractivity contribution in [1.82, 2.24) is 4.98 Å². The lowest BCUT2D eigenvalue weighted by Crippen LogP contribution is -2.28. The number of aromatic nitrogens is 1. The van der Waals surface area contributed by atoms with E-state index >= 15 is 0 Å². The number of nitrogens with two attached hydrogens (primary N) is 1. The molecule has 0 bridgehead atoms. The van der Waals surface area contributed by atoms with Crippen molar-refractivity contribution in [3.8, 4) is 17.0 Å². The summed E-state index contributed by atoms with van der Waals surface area (Å²) in [5.41, 5.74) is 8.88. The van der Waals surface area contributed by atoms with Crippen LogP contribution in [0.3, 0.4) is 0 Å². The van der Waals surface area contributed by atoms with Gasteiger partial charge in [0.25, 0.3) is 0 Å². The van der Waals surface area contributed by atoms with Crippen LogP contribution in [0.5, 0.6) is 5.75 Å². The van der Waals surface area contributed by atoms with Crippen molar-refractivity contribution in [3.63, 3.8) is 0 Å². The van der Waals surface area contributed by atoms with Gasteiger partial charge >= 0.3 is 0 Å². The summed E-state index contributed by atoms with van der Waals surface area (Å²) in [4.78, 5) is 3.18. The smallest absolute Gasteiger partial charge is 0.150 e. The van der Waals surface area contributed by atoms with E-state index in [0.29, 0.717) is 23.4 Å². The molecular weight excluding hydrogens is 322 g/mol. The van der Waals surface area contributed by atoms with Gasteiger partial charge in [-0.1, -0.05) is 0 Å². The summed E-state index contributed by atoms with van der Waals surface area (Å²) in [6.45, 7) is 0.652. The van der Waals surface area contributed by atoms with Crippen LogP contribution in [0.15, 0.2) is 36.4 Å². The van der Waals surface area contributed by atoms with Gasteiger partial charge in [-0.15, -0.1) is 0 Å². The summed E-state index contributed by atoms with van der Waals surface area (Å²) >= 11 is 0. The first-order chi connectivity index (χ1) is 12.1. The third-order valence-electron chi connectivity index (χ3n) is 5.22. The van der Waals surface area contributed by atoms with Gasteiger partial charge in [-0.25, -0.2) is 8.78 Å². The van der Waals surface area contributed by atoms with E-state index in [0.717, 1.165) is 41.5 Å². The zero-order valence-electron chi connectivity index (χ0n) is 14.0. The number of hydrogen-bond acceptors (Lipinski definition) is 2. The van der Waals surface area contributed by atoms with Gasteiger partial charge < -0.3 is 15.5 Å². The lowest BCUT2D eigenvalue weighted by Gasteiger charge is -2.35. The maximum Gasteiger partial charge on any atom is 0.150 e. The van der Waals surface area contributed by atoms with Gasteiger partial charge in [0.1, 0.15) is 17.4 Å². The molecule has 0 unspecified atom stereocenters. The normalized spacial score (nSPS) is 19.8. The van der Waals surface area contributed by atoms with Gasteiger partial charge in [-0.3, -0.25) is 0 Å². The second-order valence-corrected chi connectivity index (χ2v) is 6.72. The van der Waals surface area contributed by atoms with E-state index in [1.165, 1.54) is 6.07 Å². The highest BCUT2D eigenvalue weighted by molar-refractivity contribution is 5.92. The van der Waals surface area contributed by atoms with Gasteiger partial charge in [0, 0.05) is 11.5 Å². The molecule has 3 N–H and O–H groups in total. The van der Waals surface area contributed by atoms with E-state index in [1.807, 2.05) is 24.3 Å². The van der Waals surface area contributed by atoms with Gasteiger partial charge in [0.2, 0.25) is 0 Å². The van der Waals surface area contributed by atoms with Crippen molar-refractivity contribution in [2.45, 2.75) is 18.8 Å². The summed E-state index contributed by atoms with van der Waals surface area (Å²) < 4.78 is 33.3. The Kier molecular flexibility index (Phi) is 3.96.